The van der Waals surface area contributed by atoms with Crippen LogP contribution in [0.2, 0.25) is 10.0 Å². The third kappa shape index (κ3) is 5.19. The normalized spacial score (nSPS) is 9.96. The van der Waals surface area contributed by atoms with Crippen LogP contribution in [-0.4, -0.2) is 16.9 Å². The van der Waals surface area contributed by atoms with E-state index in [1.165, 1.54) is 19.1 Å². The highest BCUT2D eigenvalue weighted by atomic mass is 35.5. The Hall–Kier alpha value is -2.15. The van der Waals surface area contributed by atoms with Crippen molar-refractivity contribution in [3.8, 4) is 0 Å². The molecule has 0 radical (unpaired) electrons. The first kappa shape index (κ1) is 18.2. The van der Waals surface area contributed by atoms with Gasteiger partial charge in [0.05, 0.1) is 10.6 Å². The van der Waals surface area contributed by atoms with Crippen molar-refractivity contribution in [2.24, 2.45) is 0 Å². The van der Waals surface area contributed by atoms with Gasteiger partial charge in [0.15, 0.2) is 5.11 Å². The third-order valence-corrected chi connectivity index (χ3v) is 3.62. The average molecular weight is 382 g/mol. The van der Waals surface area contributed by atoms with E-state index in [1.807, 2.05) is 0 Å². The summed E-state index contributed by atoms with van der Waals surface area (Å²) in [6.07, 6.45) is 0. The smallest absolute Gasteiger partial charge is 0.258 e. The van der Waals surface area contributed by atoms with Gasteiger partial charge in [-0.05, 0) is 54.7 Å². The minimum absolute atomic E-state index is 0.123. The molecule has 2 rings (SSSR count). The van der Waals surface area contributed by atoms with Crippen molar-refractivity contribution in [1.82, 2.24) is 5.32 Å². The van der Waals surface area contributed by atoms with E-state index < -0.39 is 5.91 Å². The van der Waals surface area contributed by atoms with Crippen molar-refractivity contribution in [3.05, 3.63) is 58.1 Å². The van der Waals surface area contributed by atoms with Gasteiger partial charge in [-0.25, -0.2) is 0 Å². The Morgan fingerprint density at radius 2 is 1.54 bits per heavy atom. The zero-order chi connectivity index (χ0) is 17.7. The van der Waals surface area contributed by atoms with E-state index in [1.54, 1.807) is 30.3 Å². The minimum atomic E-state index is -0.441. The summed E-state index contributed by atoms with van der Waals surface area (Å²) in [6, 6.07) is 11.4. The summed E-state index contributed by atoms with van der Waals surface area (Å²) in [4.78, 5) is 23.1. The first-order valence-electron chi connectivity index (χ1n) is 6.80. The van der Waals surface area contributed by atoms with Crippen LogP contribution in [0.3, 0.4) is 0 Å². The number of anilines is 2. The molecular weight excluding hydrogens is 369 g/mol. The monoisotopic (exact) mass is 381 g/mol. The number of halogens is 2. The van der Waals surface area contributed by atoms with Crippen LogP contribution in [0.4, 0.5) is 11.4 Å². The molecule has 8 heteroatoms. The summed E-state index contributed by atoms with van der Waals surface area (Å²) < 4.78 is 0. The molecule has 5 nitrogen and oxygen atoms in total. The summed E-state index contributed by atoms with van der Waals surface area (Å²) in [6.45, 7) is 1.43. The highest BCUT2D eigenvalue weighted by Crippen LogP contribution is 2.21. The van der Waals surface area contributed by atoms with Crippen molar-refractivity contribution in [2.75, 3.05) is 10.6 Å². The van der Waals surface area contributed by atoms with Gasteiger partial charge in [0.2, 0.25) is 5.91 Å². The summed E-state index contributed by atoms with van der Waals surface area (Å²) in [5, 5.41) is 8.87. The van der Waals surface area contributed by atoms with Gasteiger partial charge in [-0.1, -0.05) is 23.2 Å². The Kier molecular flexibility index (Phi) is 6.14. The Labute approximate surface area is 154 Å². The highest BCUT2D eigenvalue weighted by Gasteiger charge is 2.12. The molecule has 0 spiro atoms. The second kappa shape index (κ2) is 8.10. The standard InChI is InChI=1S/C16H13Cl2N3O2S/c1-9(22)19-11-3-5-12(6-4-11)20-16(24)21-15(23)13-7-2-10(17)8-14(13)18/h2-8H,1H3,(H,19,22)(H2,20,21,23,24). The molecule has 3 N–H and O–H groups in total. The Morgan fingerprint density at radius 3 is 2.08 bits per heavy atom. The van der Waals surface area contributed by atoms with E-state index in [0.29, 0.717) is 16.4 Å². The molecular formula is C16H13Cl2N3O2S. The number of carbonyl (C=O) groups excluding carboxylic acids is 2. The lowest BCUT2D eigenvalue weighted by molar-refractivity contribution is -0.114. The first-order chi connectivity index (χ1) is 11.3. The molecule has 0 fully saturated rings. The molecule has 0 unspecified atom stereocenters. The van der Waals surface area contributed by atoms with Crippen molar-refractivity contribution >= 4 is 63.7 Å². The molecule has 0 aliphatic heterocycles. The maximum Gasteiger partial charge on any atom is 0.258 e. The SMILES string of the molecule is CC(=O)Nc1ccc(NC(=S)NC(=O)c2ccc(Cl)cc2Cl)cc1. The van der Waals surface area contributed by atoms with Crippen LogP contribution in [0.15, 0.2) is 42.5 Å². The quantitative estimate of drug-likeness (QED) is 0.700. The van der Waals surface area contributed by atoms with Gasteiger partial charge in [0.25, 0.3) is 5.91 Å². The molecule has 2 aromatic rings. The number of amides is 2. The van der Waals surface area contributed by atoms with Gasteiger partial charge in [0, 0.05) is 23.3 Å². The fraction of sp³-hybridized carbons (Fsp3) is 0.0625. The summed E-state index contributed by atoms with van der Waals surface area (Å²) in [5.41, 5.74) is 1.60. The van der Waals surface area contributed by atoms with Crippen LogP contribution in [-0.2, 0) is 4.79 Å². The largest absolute Gasteiger partial charge is 0.332 e. The molecule has 2 aromatic carbocycles. The zero-order valence-electron chi connectivity index (χ0n) is 12.5. The highest BCUT2D eigenvalue weighted by molar-refractivity contribution is 7.80. The van der Waals surface area contributed by atoms with Crippen molar-refractivity contribution in [2.45, 2.75) is 6.92 Å². The fourth-order valence-electron chi connectivity index (χ4n) is 1.85. The Bertz CT molecular complexity index is 794. The lowest BCUT2D eigenvalue weighted by atomic mass is 10.2. The van der Waals surface area contributed by atoms with Crippen LogP contribution in [0.5, 0.6) is 0 Å². The number of benzene rings is 2. The van der Waals surface area contributed by atoms with E-state index in [9.17, 15) is 9.59 Å². The van der Waals surface area contributed by atoms with Crippen LogP contribution < -0.4 is 16.0 Å². The number of hydrogen-bond donors (Lipinski definition) is 3. The minimum Gasteiger partial charge on any atom is -0.332 e. The van der Waals surface area contributed by atoms with Crippen LogP contribution in [0, 0.1) is 0 Å². The lowest BCUT2D eigenvalue weighted by Crippen LogP contribution is -2.34. The lowest BCUT2D eigenvalue weighted by Gasteiger charge is -2.11. The average Bonchev–Trinajstić information content (AvgIpc) is 2.48. The summed E-state index contributed by atoms with van der Waals surface area (Å²) in [7, 11) is 0. The van der Waals surface area contributed by atoms with Crippen LogP contribution in [0.1, 0.15) is 17.3 Å². The topological polar surface area (TPSA) is 70.2 Å². The molecule has 0 bridgehead atoms. The second-order valence-electron chi connectivity index (χ2n) is 4.79. The van der Waals surface area contributed by atoms with Crippen molar-refractivity contribution in [1.29, 1.82) is 0 Å². The van der Waals surface area contributed by atoms with E-state index in [4.69, 9.17) is 35.4 Å². The third-order valence-electron chi connectivity index (χ3n) is 2.87. The van der Waals surface area contributed by atoms with Crippen LogP contribution in [0.25, 0.3) is 0 Å². The van der Waals surface area contributed by atoms with Gasteiger partial charge in [-0.2, -0.15) is 0 Å². The molecule has 0 heterocycles. The Morgan fingerprint density at radius 1 is 0.958 bits per heavy atom. The maximum atomic E-state index is 12.1. The van der Waals surface area contributed by atoms with Gasteiger partial charge in [0.1, 0.15) is 0 Å². The zero-order valence-corrected chi connectivity index (χ0v) is 14.9. The molecule has 0 atom stereocenters. The number of carbonyl (C=O) groups is 2. The van der Waals surface area contributed by atoms with Gasteiger partial charge < -0.3 is 10.6 Å². The van der Waals surface area contributed by atoms with E-state index >= 15 is 0 Å². The van der Waals surface area contributed by atoms with Gasteiger partial charge >= 0.3 is 0 Å². The van der Waals surface area contributed by atoms with Crippen LogP contribution >= 0.6 is 35.4 Å². The molecule has 0 aromatic heterocycles. The van der Waals surface area contributed by atoms with Gasteiger partial charge in [-0.3, -0.25) is 14.9 Å². The number of hydrogen-bond acceptors (Lipinski definition) is 3. The Balaban J connectivity index is 1.97. The maximum absolute atomic E-state index is 12.1. The summed E-state index contributed by atoms with van der Waals surface area (Å²) in [5.74, 6) is -0.595. The van der Waals surface area contributed by atoms with E-state index in [0.717, 1.165) is 0 Å². The number of nitrogens with one attached hydrogen (secondary N) is 3. The second-order valence-corrected chi connectivity index (χ2v) is 6.04. The van der Waals surface area contributed by atoms with Crippen molar-refractivity contribution < 1.29 is 9.59 Å². The predicted molar refractivity (Wildman–Crippen MR) is 101 cm³/mol. The first-order valence-corrected chi connectivity index (χ1v) is 7.96. The summed E-state index contributed by atoms with van der Waals surface area (Å²) >= 11 is 16.9. The molecule has 24 heavy (non-hydrogen) atoms. The predicted octanol–water partition coefficient (Wildman–Crippen LogP) is 4.08. The molecule has 0 saturated carbocycles. The van der Waals surface area contributed by atoms with E-state index in [-0.39, 0.29) is 21.6 Å². The van der Waals surface area contributed by atoms with E-state index in [2.05, 4.69) is 16.0 Å². The molecule has 2 amide bonds. The van der Waals surface area contributed by atoms with Crippen molar-refractivity contribution in [3.63, 3.8) is 0 Å². The number of rotatable bonds is 3. The molecule has 0 saturated heterocycles. The fourth-order valence-corrected chi connectivity index (χ4v) is 2.55. The molecule has 0 aliphatic carbocycles. The number of thiocarbonyl (C=S) groups is 1. The molecule has 0 aliphatic rings. The molecule has 124 valence electrons. The van der Waals surface area contributed by atoms with Gasteiger partial charge in [-0.15, -0.1) is 0 Å².